The summed E-state index contributed by atoms with van der Waals surface area (Å²) in [6, 6.07) is 3.26. The Hall–Kier alpha value is -1.54. The van der Waals surface area contributed by atoms with Crippen LogP contribution in [0, 0.1) is 5.82 Å². The summed E-state index contributed by atoms with van der Waals surface area (Å²) in [6.45, 7) is 1.89. The molecule has 1 aromatic carbocycles. The minimum Gasteiger partial charge on any atom is -0.389 e. The molecule has 1 aromatic rings. The molecular formula is C13H17FN2O3S2. The third-order valence-corrected chi connectivity index (χ3v) is 4.03. The molecule has 0 radical (unpaired) electrons. The van der Waals surface area contributed by atoms with Crippen LogP contribution in [-0.4, -0.2) is 25.6 Å². The van der Waals surface area contributed by atoms with Crippen molar-refractivity contribution in [2.75, 3.05) is 10.6 Å². The van der Waals surface area contributed by atoms with E-state index in [1.807, 2.05) is 6.92 Å². The first-order valence-corrected chi connectivity index (χ1v) is 8.56. The van der Waals surface area contributed by atoms with Crippen molar-refractivity contribution >= 4 is 38.8 Å². The normalized spacial score (nSPS) is 11.2. The molecule has 1 amide bonds. The third kappa shape index (κ3) is 4.47. The molecule has 2 N–H and O–H groups in total. The van der Waals surface area contributed by atoms with Crippen LogP contribution in [0.3, 0.4) is 0 Å². The number of rotatable bonds is 6. The highest BCUT2D eigenvalue weighted by molar-refractivity contribution is 7.92. The maximum Gasteiger partial charge on any atom is 0.240 e. The van der Waals surface area contributed by atoms with Crippen LogP contribution >= 0.6 is 12.2 Å². The zero-order valence-electron chi connectivity index (χ0n) is 11.8. The average Bonchev–Trinajstić information content (AvgIpc) is 2.36. The second-order valence-electron chi connectivity index (χ2n) is 4.55. The van der Waals surface area contributed by atoms with Gasteiger partial charge in [0.1, 0.15) is 10.8 Å². The topological polar surface area (TPSA) is 80.5 Å². The Balaban J connectivity index is 3.41. The van der Waals surface area contributed by atoms with E-state index in [1.165, 1.54) is 6.07 Å². The number of nitrogens with zero attached hydrogens (tertiary/aromatic N) is 1. The number of amides is 1. The first-order chi connectivity index (χ1) is 9.68. The fraction of sp³-hybridized carbons (Fsp3) is 0.385. The molecule has 0 aliphatic rings. The number of anilines is 1. The zero-order chi connectivity index (χ0) is 16.2. The predicted octanol–water partition coefficient (Wildman–Crippen LogP) is 1.94. The Morgan fingerprint density at radius 3 is 2.52 bits per heavy atom. The minimum absolute atomic E-state index is 0.0141. The van der Waals surface area contributed by atoms with Crippen LogP contribution in [-0.2, 0) is 14.8 Å². The number of benzene rings is 1. The van der Waals surface area contributed by atoms with E-state index in [4.69, 9.17) is 18.0 Å². The number of thiocarbonyl (C=S) groups is 1. The second kappa shape index (κ2) is 6.95. The highest BCUT2D eigenvalue weighted by Crippen LogP contribution is 2.25. The quantitative estimate of drug-likeness (QED) is 0.805. The molecule has 0 heterocycles. The fourth-order valence-electron chi connectivity index (χ4n) is 1.81. The first kappa shape index (κ1) is 17.5. The summed E-state index contributed by atoms with van der Waals surface area (Å²) in [7, 11) is -3.87. The minimum atomic E-state index is -3.87. The molecule has 0 aromatic heterocycles. The molecule has 1 rings (SSSR count). The van der Waals surface area contributed by atoms with Gasteiger partial charge in [0.15, 0.2) is 0 Å². The van der Waals surface area contributed by atoms with Crippen LogP contribution in [0.5, 0.6) is 0 Å². The molecule has 0 aliphatic carbocycles. The van der Waals surface area contributed by atoms with Gasteiger partial charge >= 0.3 is 0 Å². The summed E-state index contributed by atoms with van der Waals surface area (Å²) >= 11 is 4.80. The van der Waals surface area contributed by atoms with Gasteiger partial charge < -0.3 is 5.73 Å². The molecule has 0 atom stereocenters. The number of carbonyl (C=O) groups is 1. The lowest BCUT2D eigenvalue weighted by atomic mass is 10.1. The van der Waals surface area contributed by atoms with Crippen molar-refractivity contribution in [3.8, 4) is 0 Å². The van der Waals surface area contributed by atoms with Crippen LogP contribution in [0.15, 0.2) is 18.2 Å². The fourth-order valence-corrected chi connectivity index (χ4v) is 2.95. The van der Waals surface area contributed by atoms with Gasteiger partial charge in [0.25, 0.3) is 0 Å². The van der Waals surface area contributed by atoms with E-state index in [0.29, 0.717) is 10.7 Å². The summed E-state index contributed by atoms with van der Waals surface area (Å²) in [5.41, 5.74) is 5.49. The van der Waals surface area contributed by atoms with Crippen molar-refractivity contribution < 1.29 is 17.6 Å². The molecule has 0 spiro atoms. The largest absolute Gasteiger partial charge is 0.389 e. The summed E-state index contributed by atoms with van der Waals surface area (Å²) < 4.78 is 37.8. The number of hydrogen-bond acceptors (Lipinski definition) is 4. The number of sulfonamides is 1. The van der Waals surface area contributed by atoms with Crippen LogP contribution in [0.4, 0.5) is 10.1 Å². The van der Waals surface area contributed by atoms with E-state index in [9.17, 15) is 17.6 Å². The van der Waals surface area contributed by atoms with E-state index >= 15 is 0 Å². The first-order valence-electron chi connectivity index (χ1n) is 6.31. The van der Waals surface area contributed by atoms with Gasteiger partial charge in [0.2, 0.25) is 15.9 Å². The van der Waals surface area contributed by atoms with E-state index in [2.05, 4.69) is 0 Å². The molecule has 0 aliphatic heterocycles. The lowest BCUT2D eigenvalue weighted by molar-refractivity contribution is -0.117. The second-order valence-corrected chi connectivity index (χ2v) is 6.82. The van der Waals surface area contributed by atoms with Crippen molar-refractivity contribution in [1.82, 2.24) is 0 Å². The van der Waals surface area contributed by atoms with Crippen molar-refractivity contribution in [2.45, 2.75) is 26.2 Å². The monoisotopic (exact) mass is 332 g/mol. The summed E-state index contributed by atoms with van der Waals surface area (Å²) in [6.07, 6.45) is 2.27. The molecule has 116 valence electrons. The number of carbonyl (C=O) groups excluding carboxylic acids is 1. The molecule has 0 saturated carbocycles. The van der Waals surface area contributed by atoms with Gasteiger partial charge in [-0.2, -0.15) is 0 Å². The van der Waals surface area contributed by atoms with E-state index in [0.717, 1.165) is 24.8 Å². The molecule has 8 heteroatoms. The highest BCUT2D eigenvalue weighted by atomic mass is 32.2. The van der Waals surface area contributed by atoms with Gasteiger partial charge in [-0.25, -0.2) is 17.1 Å². The number of halogens is 1. The van der Waals surface area contributed by atoms with Crippen LogP contribution in [0.1, 0.15) is 31.7 Å². The van der Waals surface area contributed by atoms with Crippen molar-refractivity contribution in [3.63, 3.8) is 0 Å². The lowest BCUT2D eigenvalue weighted by Crippen LogP contribution is -2.37. The molecule has 5 nitrogen and oxygen atoms in total. The number of unbranched alkanes of at least 4 members (excludes halogenated alkanes) is 1. The highest BCUT2D eigenvalue weighted by Gasteiger charge is 2.27. The molecule has 21 heavy (non-hydrogen) atoms. The number of hydrogen-bond donors (Lipinski definition) is 1. The van der Waals surface area contributed by atoms with E-state index in [1.54, 1.807) is 0 Å². The van der Waals surface area contributed by atoms with Crippen LogP contribution in [0.2, 0.25) is 0 Å². The molecule has 0 fully saturated rings. The van der Waals surface area contributed by atoms with Gasteiger partial charge in [-0.1, -0.05) is 25.6 Å². The molecule has 0 bridgehead atoms. The SMILES string of the molecule is CCCCC(=O)N(c1ccc(F)cc1C(N)=S)S(C)(=O)=O. The van der Waals surface area contributed by atoms with E-state index in [-0.39, 0.29) is 22.7 Å². The Morgan fingerprint density at radius 1 is 1.43 bits per heavy atom. The Labute approximate surface area is 129 Å². The Bertz CT molecular complexity index is 659. The Morgan fingerprint density at radius 2 is 2.05 bits per heavy atom. The Kier molecular flexibility index (Phi) is 5.79. The van der Waals surface area contributed by atoms with Gasteiger partial charge in [-0.3, -0.25) is 4.79 Å². The lowest BCUT2D eigenvalue weighted by Gasteiger charge is -2.22. The smallest absolute Gasteiger partial charge is 0.240 e. The van der Waals surface area contributed by atoms with Crippen LogP contribution < -0.4 is 10.0 Å². The maximum absolute atomic E-state index is 13.3. The molecular weight excluding hydrogens is 315 g/mol. The van der Waals surface area contributed by atoms with Gasteiger partial charge in [0, 0.05) is 12.0 Å². The van der Waals surface area contributed by atoms with E-state index < -0.39 is 21.7 Å². The van der Waals surface area contributed by atoms with Gasteiger partial charge in [0.05, 0.1) is 11.9 Å². The predicted molar refractivity (Wildman–Crippen MR) is 84.1 cm³/mol. The summed E-state index contributed by atoms with van der Waals surface area (Å²) in [5, 5.41) is 0. The molecule has 0 saturated heterocycles. The van der Waals surface area contributed by atoms with Crippen molar-refractivity contribution in [2.24, 2.45) is 5.73 Å². The maximum atomic E-state index is 13.3. The number of nitrogens with two attached hydrogens (primary N) is 1. The average molecular weight is 332 g/mol. The van der Waals surface area contributed by atoms with Crippen molar-refractivity contribution in [1.29, 1.82) is 0 Å². The van der Waals surface area contributed by atoms with Crippen LogP contribution in [0.25, 0.3) is 0 Å². The standard InChI is InChI=1S/C13H17FN2O3S2/c1-3-4-5-12(17)16(21(2,18)19)11-7-6-9(14)8-10(11)13(15)20/h6-8H,3-5H2,1-2H3,(H2,15,20). The summed E-state index contributed by atoms with van der Waals surface area (Å²) in [5.74, 6) is -1.21. The van der Waals surface area contributed by atoms with Gasteiger partial charge in [-0.05, 0) is 24.6 Å². The molecule has 0 unspecified atom stereocenters. The van der Waals surface area contributed by atoms with Gasteiger partial charge in [-0.15, -0.1) is 0 Å². The van der Waals surface area contributed by atoms with Crippen molar-refractivity contribution in [3.05, 3.63) is 29.6 Å². The summed E-state index contributed by atoms with van der Waals surface area (Å²) in [4.78, 5) is 12.0. The third-order valence-electron chi connectivity index (χ3n) is 2.75. The zero-order valence-corrected chi connectivity index (χ0v) is 13.4.